The SMILES string of the molecule is NC(=O)/C=C\Sc1ccccn1. The Labute approximate surface area is 74.7 Å². The summed E-state index contributed by atoms with van der Waals surface area (Å²) in [6, 6.07) is 5.57. The van der Waals surface area contributed by atoms with Crippen molar-refractivity contribution in [3.63, 3.8) is 0 Å². The second-order valence-corrected chi connectivity index (χ2v) is 2.92. The van der Waals surface area contributed by atoms with Crippen molar-refractivity contribution in [3.8, 4) is 0 Å². The third-order valence-corrected chi connectivity index (χ3v) is 1.81. The van der Waals surface area contributed by atoms with Gasteiger partial charge in [0, 0.05) is 12.3 Å². The summed E-state index contributed by atoms with van der Waals surface area (Å²) in [6.07, 6.45) is 3.00. The topological polar surface area (TPSA) is 56.0 Å². The molecule has 0 aliphatic carbocycles. The molecular weight excluding hydrogens is 172 g/mol. The highest BCUT2D eigenvalue weighted by Gasteiger charge is 1.88. The quantitative estimate of drug-likeness (QED) is 0.561. The van der Waals surface area contributed by atoms with Crippen LogP contribution in [0.4, 0.5) is 0 Å². The average molecular weight is 180 g/mol. The van der Waals surface area contributed by atoms with Crippen LogP contribution in [0.25, 0.3) is 0 Å². The van der Waals surface area contributed by atoms with Gasteiger partial charge in [0.25, 0.3) is 0 Å². The number of primary amides is 1. The van der Waals surface area contributed by atoms with Crippen LogP contribution in [-0.2, 0) is 4.79 Å². The van der Waals surface area contributed by atoms with Gasteiger partial charge in [0.1, 0.15) is 5.03 Å². The highest BCUT2D eigenvalue weighted by molar-refractivity contribution is 8.02. The van der Waals surface area contributed by atoms with Crippen molar-refractivity contribution in [1.29, 1.82) is 0 Å². The molecular formula is C8H8N2OS. The number of carbonyl (C=O) groups is 1. The van der Waals surface area contributed by atoms with Crippen molar-refractivity contribution in [3.05, 3.63) is 35.9 Å². The van der Waals surface area contributed by atoms with Crippen LogP contribution in [-0.4, -0.2) is 10.9 Å². The Balaban J connectivity index is 2.49. The highest BCUT2D eigenvalue weighted by atomic mass is 32.2. The Morgan fingerprint density at radius 3 is 3.00 bits per heavy atom. The van der Waals surface area contributed by atoms with Crippen LogP contribution in [0.2, 0.25) is 0 Å². The molecule has 0 aromatic carbocycles. The lowest BCUT2D eigenvalue weighted by Crippen LogP contribution is -2.04. The number of carbonyl (C=O) groups excluding carboxylic acids is 1. The first kappa shape index (κ1) is 8.80. The predicted octanol–water partition coefficient (Wildman–Crippen LogP) is 1.17. The van der Waals surface area contributed by atoms with Crippen LogP contribution in [0.5, 0.6) is 0 Å². The van der Waals surface area contributed by atoms with Crippen LogP contribution >= 0.6 is 11.8 Å². The molecule has 1 heterocycles. The second kappa shape index (κ2) is 4.56. The number of thioether (sulfide) groups is 1. The summed E-state index contributed by atoms with van der Waals surface area (Å²) in [5.74, 6) is -0.446. The average Bonchev–Trinajstić information content (AvgIpc) is 2.05. The van der Waals surface area contributed by atoms with E-state index in [4.69, 9.17) is 5.73 Å². The smallest absolute Gasteiger partial charge is 0.241 e. The standard InChI is InChI=1S/C8H8N2OS/c9-7(11)4-6-12-8-3-1-2-5-10-8/h1-6H,(H2,9,11)/b6-4-. The fourth-order valence-electron chi connectivity index (χ4n) is 0.588. The van der Waals surface area contributed by atoms with E-state index in [1.54, 1.807) is 11.6 Å². The molecule has 0 saturated carbocycles. The molecule has 0 aliphatic heterocycles. The molecule has 0 bridgehead atoms. The minimum Gasteiger partial charge on any atom is -0.366 e. The Hall–Kier alpha value is -1.29. The largest absolute Gasteiger partial charge is 0.366 e. The lowest BCUT2D eigenvalue weighted by atomic mass is 10.5. The summed E-state index contributed by atoms with van der Waals surface area (Å²) < 4.78 is 0. The van der Waals surface area contributed by atoms with Gasteiger partial charge in [-0.1, -0.05) is 17.8 Å². The van der Waals surface area contributed by atoms with Gasteiger partial charge in [-0.05, 0) is 17.5 Å². The zero-order valence-corrected chi connectivity index (χ0v) is 7.12. The summed E-state index contributed by atoms with van der Waals surface area (Å²) in [5.41, 5.74) is 4.90. The first-order valence-corrected chi connectivity index (χ1v) is 4.20. The number of pyridine rings is 1. The monoisotopic (exact) mass is 180 g/mol. The van der Waals surface area contributed by atoms with E-state index in [0.717, 1.165) is 5.03 Å². The molecule has 0 atom stereocenters. The Bertz CT molecular complexity index is 284. The molecule has 62 valence electrons. The van der Waals surface area contributed by atoms with Crippen LogP contribution in [0, 0.1) is 0 Å². The normalized spacial score (nSPS) is 10.3. The van der Waals surface area contributed by atoms with Crippen LogP contribution in [0.3, 0.4) is 0 Å². The van der Waals surface area contributed by atoms with Crippen molar-refractivity contribution in [2.75, 3.05) is 0 Å². The van der Waals surface area contributed by atoms with Gasteiger partial charge >= 0.3 is 0 Å². The van der Waals surface area contributed by atoms with Crippen molar-refractivity contribution in [1.82, 2.24) is 4.98 Å². The molecule has 12 heavy (non-hydrogen) atoms. The summed E-state index contributed by atoms with van der Waals surface area (Å²) in [7, 11) is 0. The van der Waals surface area contributed by atoms with E-state index in [2.05, 4.69) is 4.98 Å². The van der Waals surface area contributed by atoms with Gasteiger partial charge in [0.15, 0.2) is 0 Å². The molecule has 1 amide bonds. The third-order valence-electron chi connectivity index (χ3n) is 1.06. The minimum absolute atomic E-state index is 0.446. The van der Waals surface area contributed by atoms with Gasteiger partial charge in [0.2, 0.25) is 5.91 Å². The van der Waals surface area contributed by atoms with Crippen LogP contribution in [0.15, 0.2) is 40.9 Å². The molecule has 3 nitrogen and oxygen atoms in total. The summed E-state index contributed by atoms with van der Waals surface area (Å²) in [6.45, 7) is 0. The Morgan fingerprint density at radius 2 is 2.42 bits per heavy atom. The highest BCUT2D eigenvalue weighted by Crippen LogP contribution is 2.14. The number of amides is 1. The predicted molar refractivity (Wildman–Crippen MR) is 48.4 cm³/mol. The molecule has 0 spiro atoms. The van der Waals surface area contributed by atoms with Crippen molar-refractivity contribution in [2.24, 2.45) is 5.73 Å². The second-order valence-electron chi connectivity index (χ2n) is 1.99. The molecule has 4 heteroatoms. The molecule has 0 saturated heterocycles. The van der Waals surface area contributed by atoms with Gasteiger partial charge in [-0.15, -0.1) is 0 Å². The fourth-order valence-corrected chi connectivity index (χ4v) is 1.21. The van der Waals surface area contributed by atoms with Crippen LogP contribution in [0.1, 0.15) is 0 Å². The zero-order chi connectivity index (χ0) is 8.81. The minimum atomic E-state index is -0.446. The number of aromatic nitrogens is 1. The van der Waals surface area contributed by atoms with E-state index in [1.807, 2.05) is 18.2 Å². The van der Waals surface area contributed by atoms with Gasteiger partial charge in [-0.25, -0.2) is 4.98 Å². The van der Waals surface area contributed by atoms with E-state index in [-0.39, 0.29) is 0 Å². The lowest BCUT2D eigenvalue weighted by molar-refractivity contribution is -0.113. The number of nitrogens with two attached hydrogens (primary N) is 1. The summed E-state index contributed by atoms with van der Waals surface area (Å²) in [4.78, 5) is 14.3. The third kappa shape index (κ3) is 3.21. The van der Waals surface area contributed by atoms with Gasteiger partial charge in [-0.3, -0.25) is 4.79 Å². The first-order chi connectivity index (χ1) is 5.79. The molecule has 0 unspecified atom stereocenters. The fraction of sp³-hybridized carbons (Fsp3) is 0. The molecule has 1 aromatic heterocycles. The number of hydrogen-bond donors (Lipinski definition) is 1. The molecule has 2 N–H and O–H groups in total. The van der Waals surface area contributed by atoms with Crippen LogP contribution < -0.4 is 5.73 Å². The van der Waals surface area contributed by atoms with Gasteiger partial charge in [0.05, 0.1) is 0 Å². The van der Waals surface area contributed by atoms with E-state index in [9.17, 15) is 4.79 Å². The Morgan fingerprint density at radius 1 is 1.58 bits per heavy atom. The molecule has 0 radical (unpaired) electrons. The van der Waals surface area contributed by atoms with Gasteiger partial charge in [-0.2, -0.15) is 0 Å². The van der Waals surface area contributed by atoms with Crippen molar-refractivity contribution < 1.29 is 4.79 Å². The maximum absolute atomic E-state index is 10.3. The maximum atomic E-state index is 10.3. The first-order valence-electron chi connectivity index (χ1n) is 3.33. The number of nitrogens with zero attached hydrogens (tertiary/aromatic N) is 1. The zero-order valence-electron chi connectivity index (χ0n) is 6.31. The van der Waals surface area contributed by atoms with Gasteiger partial charge < -0.3 is 5.73 Å². The maximum Gasteiger partial charge on any atom is 0.241 e. The Kier molecular flexibility index (Phi) is 3.35. The van der Waals surface area contributed by atoms with E-state index >= 15 is 0 Å². The summed E-state index contributed by atoms with van der Waals surface area (Å²) >= 11 is 1.36. The van der Waals surface area contributed by atoms with E-state index < -0.39 is 5.91 Å². The van der Waals surface area contributed by atoms with Crippen molar-refractivity contribution in [2.45, 2.75) is 5.03 Å². The molecule has 1 rings (SSSR count). The number of rotatable bonds is 3. The van der Waals surface area contributed by atoms with E-state index in [1.165, 1.54) is 17.8 Å². The molecule has 1 aromatic rings. The van der Waals surface area contributed by atoms with Crippen molar-refractivity contribution >= 4 is 17.7 Å². The number of hydrogen-bond acceptors (Lipinski definition) is 3. The molecule has 0 aliphatic rings. The molecule has 0 fully saturated rings. The lowest BCUT2D eigenvalue weighted by Gasteiger charge is -1.90. The van der Waals surface area contributed by atoms with E-state index in [0.29, 0.717) is 0 Å². The summed E-state index contributed by atoms with van der Waals surface area (Å²) in [5, 5.41) is 2.46.